The summed E-state index contributed by atoms with van der Waals surface area (Å²) in [5, 5.41) is 8.76. The second-order valence-electron chi connectivity index (χ2n) is 7.81. The van der Waals surface area contributed by atoms with E-state index in [2.05, 4.69) is 84.6 Å². The number of fused-ring (bicyclic) bond motifs is 1. The molecule has 0 N–H and O–H groups in total. The Bertz CT molecular complexity index is 902. The summed E-state index contributed by atoms with van der Waals surface area (Å²) in [7, 11) is -1.26. The zero-order chi connectivity index (χ0) is 18.4. The molecule has 4 heteroatoms. The van der Waals surface area contributed by atoms with Crippen LogP contribution in [0.2, 0.25) is 25.7 Å². The highest BCUT2D eigenvalue weighted by Crippen LogP contribution is 2.24. The molecule has 0 aliphatic carbocycles. The van der Waals surface area contributed by atoms with Gasteiger partial charge in [-0.25, -0.2) is 4.68 Å². The predicted molar refractivity (Wildman–Crippen MR) is 115 cm³/mol. The third kappa shape index (κ3) is 5.02. The number of aromatic nitrogens is 3. The first kappa shape index (κ1) is 18.3. The molecule has 0 unspecified atom stereocenters. The van der Waals surface area contributed by atoms with Crippen LogP contribution < -0.4 is 0 Å². The number of allylic oxidation sites excluding steroid dienone is 3. The van der Waals surface area contributed by atoms with E-state index in [-0.39, 0.29) is 0 Å². The second kappa shape index (κ2) is 8.28. The monoisotopic (exact) mass is 361 g/mol. The molecule has 0 saturated heterocycles. The summed E-state index contributed by atoms with van der Waals surface area (Å²) in [5.74, 6) is 0. The Morgan fingerprint density at radius 1 is 0.962 bits per heavy atom. The van der Waals surface area contributed by atoms with E-state index in [1.165, 1.54) is 11.3 Å². The van der Waals surface area contributed by atoms with Gasteiger partial charge in [0.25, 0.3) is 0 Å². The van der Waals surface area contributed by atoms with Gasteiger partial charge in [-0.1, -0.05) is 85.5 Å². The first-order valence-electron chi connectivity index (χ1n) is 9.24. The van der Waals surface area contributed by atoms with Crippen LogP contribution in [0.15, 0.2) is 66.7 Å². The van der Waals surface area contributed by atoms with Gasteiger partial charge < -0.3 is 0 Å². The molecule has 0 amide bonds. The van der Waals surface area contributed by atoms with E-state index >= 15 is 0 Å². The predicted octanol–water partition coefficient (Wildman–Crippen LogP) is 6.10. The Kier molecular flexibility index (Phi) is 5.84. The normalized spacial score (nSPS) is 13.0. The van der Waals surface area contributed by atoms with E-state index in [4.69, 9.17) is 0 Å². The summed E-state index contributed by atoms with van der Waals surface area (Å²) < 4.78 is 2.04. The van der Waals surface area contributed by atoms with E-state index in [1.807, 2.05) is 22.9 Å². The standard InChI is InChI=1S/C22H27N3Si/c1-26(2,3)18-20(25-22-17-11-10-16-21(22)23-24-25)15-9-5-8-14-19-12-6-4-7-13-19/h4,6-8,10-17H,5,9,18H2,1-3H3. The average Bonchev–Trinajstić information content (AvgIpc) is 3.04. The number of benzene rings is 2. The molecule has 0 atom stereocenters. The summed E-state index contributed by atoms with van der Waals surface area (Å²) in [6.07, 6.45) is 8.82. The first-order chi connectivity index (χ1) is 12.5. The quantitative estimate of drug-likeness (QED) is 0.376. The number of hydrogen-bond acceptors (Lipinski definition) is 2. The molecule has 3 rings (SSSR count). The lowest BCUT2D eigenvalue weighted by molar-refractivity contribution is 0.827. The molecule has 0 saturated carbocycles. The van der Waals surface area contributed by atoms with Crippen molar-refractivity contribution >= 4 is 30.9 Å². The van der Waals surface area contributed by atoms with Gasteiger partial charge in [0.2, 0.25) is 0 Å². The largest absolute Gasteiger partial charge is 0.218 e. The highest BCUT2D eigenvalue weighted by Gasteiger charge is 2.18. The van der Waals surface area contributed by atoms with Crippen molar-refractivity contribution in [1.82, 2.24) is 15.0 Å². The van der Waals surface area contributed by atoms with Crippen LogP contribution in [0.5, 0.6) is 0 Å². The first-order valence-corrected chi connectivity index (χ1v) is 13.0. The minimum absolute atomic E-state index is 0.956. The van der Waals surface area contributed by atoms with Crippen LogP contribution >= 0.6 is 0 Å². The van der Waals surface area contributed by atoms with Gasteiger partial charge in [-0.2, -0.15) is 0 Å². The molecule has 0 fully saturated rings. The summed E-state index contributed by atoms with van der Waals surface area (Å²) in [6, 6.07) is 19.7. The zero-order valence-corrected chi connectivity index (χ0v) is 16.9. The Morgan fingerprint density at radius 2 is 1.69 bits per heavy atom. The van der Waals surface area contributed by atoms with Gasteiger partial charge in [0, 0.05) is 5.70 Å². The molecule has 134 valence electrons. The van der Waals surface area contributed by atoms with Crippen LogP contribution in [0.25, 0.3) is 22.8 Å². The highest BCUT2D eigenvalue weighted by molar-refractivity contribution is 6.77. The van der Waals surface area contributed by atoms with Crippen molar-refractivity contribution in [2.75, 3.05) is 0 Å². The van der Waals surface area contributed by atoms with Crippen molar-refractivity contribution in [3.63, 3.8) is 0 Å². The van der Waals surface area contributed by atoms with Crippen LogP contribution in [0.3, 0.4) is 0 Å². The maximum Gasteiger partial charge on any atom is 0.113 e. The fourth-order valence-electron chi connectivity index (χ4n) is 2.99. The van der Waals surface area contributed by atoms with Crippen LogP contribution in [-0.2, 0) is 0 Å². The van der Waals surface area contributed by atoms with E-state index < -0.39 is 8.07 Å². The van der Waals surface area contributed by atoms with Gasteiger partial charge >= 0.3 is 0 Å². The lowest BCUT2D eigenvalue weighted by Crippen LogP contribution is -2.21. The summed E-state index contributed by atoms with van der Waals surface area (Å²) >= 11 is 0. The minimum atomic E-state index is -1.26. The molecular formula is C22H27N3Si. The average molecular weight is 362 g/mol. The highest BCUT2D eigenvalue weighted by atomic mass is 28.3. The zero-order valence-electron chi connectivity index (χ0n) is 15.9. The lowest BCUT2D eigenvalue weighted by atomic mass is 10.2. The summed E-state index contributed by atoms with van der Waals surface area (Å²) in [4.78, 5) is 0. The van der Waals surface area contributed by atoms with E-state index in [0.29, 0.717) is 0 Å². The Hall–Kier alpha value is -2.46. The van der Waals surface area contributed by atoms with Crippen molar-refractivity contribution in [2.45, 2.75) is 38.5 Å². The van der Waals surface area contributed by atoms with Crippen molar-refractivity contribution in [2.24, 2.45) is 0 Å². The number of rotatable bonds is 7. The van der Waals surface area contributed by atoms with Crippen molar-refractivity contribution in [1.29, 1.82) is 0 Å². The number of hydrogen-bond donors (Lipinski definition) is 0. The van der Waals surface area contributed by atoms with E-state index in [0.717, 1.165) is 29.9 Å². The molecule has 3 nitrogen and oxygen atoms in total. The third-order valence-electron chi connectivity index (χ3n) is 4.16. The van der Waals surface area contributed by atoms with Gasteiger partial charge in [0.15, 0.2) is 0 Å². The van der Waals surface area contributed by atoms with Crippen LogP contribution in [-0.4, -0.2) is 23.1 Å². The van der Waals surface area contributed by atoms with Gasteiger partial charge in [-0.15, -0.1) is 5.10 Å². The fraction of sp³-hybridized carbons (Fsp3) is 0.273. The molecule has 2 aromatic carbocycles. The van der Waals surface area contributed by atoms with Crippen LogP contribution in [0, 0.1) is 0 Å². The number of para-hydroxylation sites is 1. The van der Waals surface area contributed by atoms with Gasteiger partial charge in [0.05, 0.1) is 13.6 Å². The van der Waals surface area contributed by atoms with Crippen molar-refractivity contribution < 1.29 is 0 Å². The maximum atomic E-state index is 4.43. The van der Waals surface area contributed by atoms with Crippen LogP contribution in [0.1, 0.15) is 18.4 Å². The molecule has 0 spiro atoms. The number of unbranched alkanes of at least 4 members (excludes halogenated alkanes) is 1. The Labute approximate surface area is 157 Å². The third-order valence-corrected chi connectivity index (χ3v) is 5.58. The molecule has 0 bridgehead atoms. The summed E-state index contributed by atoms with van der Waals surface area (Å²) in [5.41, 5.74) is 4.59. The Balaban J connectivity index is 1.76. The molecule has 1 aromatic heterocycles. The van der Waals surface area contributed by atoms with E-state index in [9.17, 15) is 0 Å². The molecule has 0 radical (unpaired) electrons. The molecule has 0 aliphatic heterocycles. The van der Waals surface area contributed by atoms with Crippen LogP contribution in [0.4, 0.5) is 0 Å². The van der Waals surface area contributed by atoms with Crippen molar-refractivity contribution in [3.05, 3.63) is 72.3 Å². The van der Waals surface area contributed by atoms with E-state index in [1.54, 1.807) is 0 Å². The Morgan fingerprint density at radius 3 is 2.46 bits per heavy atom. The number of nitrogens with zero attached hydrogens (tertiary/aromatic N) is 3. The molecule has 0 aliphatic rings. The topological polar surface area (TPSA) is 30.7 Å². The molecule has 26 heavy (non-hydrogen) atoms. The van der Waals surface area contributed by atoms with Gasteiger partial charge in [-0.05, 0) is 36.6 Å². The molecule has 3 aromatic rings. The van der Waals surface area contributed by atoms with Gasteiger partial charge in [-0.3, -0.25) is 0 Å². The SMILES string of the molecule is C[Si](C)(C)CC(=CCCC=Cc1ccccc1)n1nnc2ccccc21. The maximum absolute atomic E-state index is 4.43. The second-order valence-corrected chi connectivity index (χ2v) is 13.3. The molecular weight excluding hydrogens is 334 g/mol. The molecule has 1 heterocycles. The van der Waals surface area contributed by atoms with Crippen molar-refractivity contribution in [3.8, 4) is 0 Å². The minimum Gasteiger partial charge on any atom is -0.218 e. The summed E-state index contributed by atoms with van der Waals surface area (Å²) in [6.45, 7) is 7.19. The van der Waals surface area contributed by atoms with Gasteiger partial charge in [0.1, 0.15) is 5.52 Å². The lowest BCUT2D eigenvalue weighted by Gasteiger charge is -2.18. The fourth-order valence-corrected chi connectivity index (χ4v) is 4.37. The smallest absolute Gasteiger partial charge is 0.113 e.